The van der Waals surface area contributed by atoms with Crippen molar-refractivity contribution < 1.29 is 23.7 Å². The van der Waals surface area contributed by atoms with E-state index in [4.69, 9.17) is 28.9 Å². The maximum atomic E-state index is 12.3. The van der Waals surface area contributed by atoms with Gasteiger partial charge in [-0.1, -0.05) is 18.2 Å². The number of amides is 1. The van der Waals surface area contributed by atoms with Gasteiger partial charge < -0.3 is 29.6 Å². The second-order valence-corrected chi connectivity index (χ2v) is 11.2. The third kappa shape index (κ3) is 7.54. The van der Waals surface area contributed by atoms with Gasteiger partial charge in [-0.05, 0) is 64.3 Å². The molecule has 1 aliphatic heterocycles. The summed E-state index contributed by atoms with van der Waals surface area (Å²) in [5, 5.41) is 11.6. The fourth-order valence-corrected chi connectivity index (χ4v) is 4.68. The molecule has 0 bridgehead atoms. The van der Waals surface area contributed by atoms with Crippen molar-refractivity contribution in [3.63, 3.8) is 0 Å². The summed E-state index contributed by atoms with van der Waals surface area (Å²) in [6.07, 6.45) is 6.72. The van der Waals surface area contributed by atoms with Crippen molar-refractivity contribution in [2.24, 2.45) is 0 Å². The lowest BCUT2D eigenvalue weighted by Crippen LogP contribution is -2.43. The van der Waals surface area contributed by atoms with E-state index in [1.165, 1.54) is 0 Å². The van der Waals surface area contributed by atoms with Crippen molar-refractivity contribution in [1.29, 1.82) is 0 Å². The fourth-order valence-electron chi connectivity index (χ4n) is 4.68. The first-order valence-electron chi connectivity index (χ1n) is 14.2. The summed E-state index contributed by atoms with van der Waals surface area (Å²) in [4.78, 5) is 22.1. The molecule has 0 aliphatic carbocycles. The minimum atomic E-state index is -0.337. The molecule has 222 valence electrons. The largest absolute Gasteiger partial charge is 0.490 e. The van der Waals surface area contributed by atoms with Crippen LogP contribution in [0.15, 0.2) is 54.9 Å². The first kappa shape index (κ1) is 29.3. The van der Waals surface area contributed by atoms with E-state index in [1.807, 2.05) is 68.0 Å². The van der Waals surface area contributed by atoms with Crippen LogP contribution < -0.4 is 20.1 Å². The number of nitrogens with one attached hydrogen (secondary N) is 2. The Morgan fingerprint density at radius 2 is 1.95 bits per heavy atom. The van der Waals surface area contributed by atoms with Crippen LogP contribution in [0, 0.1) is 0 Å². The molecule has 1 saturated heterocycles. The van der Waals surface area contributed by atoms with Crippen LogP contribution in [-0.4, -0.2) is 64.7 Å². The molecule has 5 rings (SSSR count). The molecule has 0 saturated carbocycles. The Morgan fingerprint density at radius 1 is 1.10 bits per heavy atom. The quantitative estimate of drug-likeness (QED) is 0.231. The lowest BCUT2D eigenvalue weighted by Gasteiger charge is -2.22. The fraction of sp³-hybridized carbons (Fsp3) is 0.419. The van der Waals surface area contributed by atoms with E-state index in [-0.39, 0.29) is 24.3 Å². The van der Waals surface area contributed by atoms with Crippen molar-refractivity contribution in [2.75, 3.05) is 38.9 Å². The van der Waals surface area contributed by atoms with Crippen LogP contribution >= 0.6 is 0 Å². The molecule has 11 nitrogen and oxygen atoms in total. The maximum Gasteiger partial charge on any atom is 0.258 e. The van der Waals surface area contributed by atoms with E-state index in [0.717, 1.165) is 42.5 Å². The van der Waals surface area contributed by atoms with E-state index in [0.29, 0.717) is 41.9 Å². The highest BCUT2D eigenvalue weighted by atomic mass is 16.5. The molecule has 4 aromatic rings. The molecule has 11 heteroatoms. The molecule has 42 heavy (non-hydrogen) atoms. The summed E-state index contributed by atoms with van der Waals surface area (Å²) in [6.45, 7) is 7.26. The maximum absolute atomic E-state index is 12.3. The summed E-state index contributed by atoms with van der Waals surface area (Å²) >= 11 is 0. The number of methoxy groups -OCH3 is 1. The van der Waals surface area contributed by atoms with Gasteiger partial charge in [0.1, 0.15) is 30.2 Å². The van der Waals surface area contributed by atoms with E-state index in [2.05, 4.69) is 15.7 Å². The van der Waals surface area contributed by atoms with E-state index in [9.17, 15) is 4.79 Å². The van der Waals surface area contributed by atoms with Crippen LogP contribution in [0.1, 0.15) is 46.3 Å². The van der Waals surface area contributed by atoms with E-state index < -0.39 is 0 Å². The predicted octanol–water partition coefficient (Wildman–Crippen LogP) is 5.25. The first-order chi connectivity index (χ1) is 20.3. The van der Waals surface area contributed by atoms with Crippen LogP contribution in [0.4, 0.5) is 11.5 Å². The molecule has 1 aliphatic rings. The number of benzene rings is 2. The summed E-state index contributed by atoms with van der Waals surface area (Å²) in [5.41, 5.74) is 1.88. The number of carbonyl (C=O) groups excluding carboxylic acids is 1. The third-order valence-electron chi connectivity index (χ3n) is 6.52. The molecule has 1 fully saturated rings. The average molecular weight is 575 g/mol. The van der Waals surface area contributed by atoms with Gasteiger partial charge in [-0.2, -0.15) is 5.10 Å². The van der Waals surface area contributed by atoms with Crippen LogP contribution in [-0.2, 0) is 14.3 Å². The number of hydrogen-bond donors (Lipinski definition) is 2. The van der Waals surface area contributed by atoms with Gasteiger partial charge >= 0.3 is 0 Å². The van der Waals surface area contributed by atoms with Crippen molar-refractivity contribution in [3.8, 4) is 22.9 Å². The predicted molar refractivity (Wildman–Crippen MR) is 160 cm³/mol. The molecule has 2 aromatic carbocycles. The monoisotopic (exact) mass is 574 g/mol. The summed E-state index contributed by atoms with van der Waals surface area (Å²) < 4.78 is 24.8. The molecule has 0 radical (unpaired) electrons. The topological polar surface area (TPSA) is 122 Å². The Morgan fingerprint density at radius 3 is 2.74 bits per heavy atom. The zero-order valence-electron chi connectivity index (χ0n) is 24.6. The number of rotatable bonds is 11. The summed E-state index contributed by atoms with van der Waals surface area (Å²) in [7, 11) is 1.64. The van der Waals surface area contributed by atoms with Crippen LogP contribution in [0.25, 0.3) is 22.3 Å². The van der Waals surface area contributed by atoms with Gasteiger partial charge in [0.25, 0.3) is 5.91 Å². The molecule has 2 N–H and O–H groups in total. The minimum Gasteiger partial charge on any atom is -0.490 e. The second kappa shape index (κ2) is 13.2. The van der Waals surface area contributed by atoms with Crippen LogP contribution in [0.3, 0.4) is 0 Å². The number of aromatic nitrogens is 4. The highest BCUT2D eigenvalue weighted by molar-refractivity contribution is 5.97. The summed E-state index contributed by atoms with van der Waals surface area (Å²) in [6, 6.07) is 13.1. The first-order valence-corrected chi connectivity index (χ1v) is 14.2. The van der Waals surface area contributed by atoms with Gasteiger partial charge in [0, 0.05) is 24.8 Å². The second-order valence-electron chi connectivity index (χ2n) is 11.2. The molecule has 2 aromatic heterocycles. The normalized spacial score (nSPS) is 15.4. The van der Waals surface area contributed by atoms with E-state index in [1.54, 1.807) is 19.4 Å². The molecule has 1 amide bonds. The lowest BCUT2D eigenvalue weighted by atomic mass is 10.1. The highest BCUT2D eigenvalue weighted by Gasteiger charge is 2.19. The average Bonchev–Trinajstić information content (AvgIpc) is 3.44. The standard InChI is InChI=1S/C31H38N6O5/c1-31(2,3)36-26(38)20-42-23-10-7-9-21(17-23)29-34-24-11-8-12-25(40-16-15-39-4)28(24)30(35-29)33-22-18-32-37(19-22)27-13-5-6-14-41-27/h7-12,17-19,27H,5-6,13-16,20H2,1-4H3,(H,36,38)(H,33,34,35). The SMILES string of the molecule is COCCOc1cccc2nc(-c3cccc(OCC(=O)NC(C)(C)C)c3)nc(Nc3cnn(C4CCCCO4)c3)c12. The molecule has 1 unspecified atom stereocenters. The molecular formula is C31H38N6O5. The third-order valence-corrected chi connectivity index (χ3v) is 6.52. The van der Waals surface area contributed by atoms with Crippen molar-refractivity contribution >= 4 is 28.3 Å². The zero-order chi connectivity index (χ0) is 29.5. The highest BCUT2D eigenvalue weighted by Crippen LogP contribution is 2.35. The van der Waals surface area contributed by atoms with Gasteiger partial charge in [0.2, 0.25) is 0 Å². The number of hydrogen-bond acceptors (Lipinski definition) is 9. The molecule has 0 spiro atoms. The van der Waals surface area contributed by atoms with Crippen LogP contribution in [0.5, 0.6) is 11.5 Å². The Bertz CT molecular complexity index is 1510. The Kier molecular flexibility index (Phi) is 9.19. The van der Waals surface area contributed by atoms with E-state index >= 15 is 0 Å². The molecule has 3 heterocycles. The van der Waals surface area contributed by atoms with Gasteiger partial charge in [-0.15, -0.1) is 0 Å². The number of fused-ring (bicyclic) bond motifs is 1. The minimum absolute atomic E-state index is 0.0758. The van der Waals surface area contributed by atoms with Crippen molar-refractivity contribution in [2.45, 2.75) is 51.8 Å². The van der Waals surface area contributed by atoms with Gasteiger partial charge in [0.05, 0.1) is 35.6 Å². The van der Waals surface area contributed by atoms with Gasteiger partial charge in [-0.25, -0.2) is 14.6 Å². The molecule has 1 atom stereocenters. The Balaban J connectivity index is 1.46. The zero-order valence-corrected chi connectivity index (χ0v) is 24.6. The Labute approximate surface area is 245 Å². The lowest BCUT2D eigenvalue weighted by molar-refractivity contribution is -0.124. The molecular weight excluding hydrogens is 536 g/mol. The van der Waals surface area contributed by atoms with Crippen molar-refractivity contribution in [1.82, 2.24) is 25.1 Å². The van der Waals surface area contributed by atoms with Gasteiger partial charge in [-0.3, -0.25) is 4.79 Å². The Hall–Kier alpha value is -4.22. The number of anilines is 2. The smallest absolute Gasteiger partial charge is 0.258 e. The number of ether oxygens (including phenoxy) is 4. The van der Waals surface area contributed by atoms with Gasteiger partial charge in [0.15, 0.2) is 12.4 Å². The van der Waals surface area contributed by atoms with Crippen LogP contribution in [0.2, 0.25) is 0 Å². The van der Waals surface area contributed by atoms with Crippen molar-refractivity contribution in [3.05, 3.63) is 54.9 Å². The number of nitrogens with zero attached hydrogens (tertiary/aromatic N) is 4. The number of carbonyl (C=O) groups is 1. The summed E-state index contributed by atoms with van der Waals surface area (Å²) in [5.74, 6) is 2.06.